The van der Waals surface area contributed by atoms with Gasteiger partial charge in [-0.05, 0) is 55.5 Å². The number of ether oxygens (including phenoxy) is 3. The fourth-order valence-electron chi connectivity index (χ4n) is 4.24. The molecule has 0 saturated carbocycles. The Morgan fingerprint density at radius 3 is 2.57 bits per heavy atom. The van der Waals surface area contributed by atoms with Gasteiger partial charge in [-0.25, -0.2) is 0 Å². The van der Waals surface area contributed by atoms with E-state index >= 15 is 0 Å². The van der Waals surface area contributed by atoms with Crippen molar-refractivity contribution in [2.45, 2.75) is 13.0 Å². The molecule has 156 valence electrons. The topological polar surface area (TPSA) is 47.1 Å². The molecule has 2 aliphatic rings. The van der Waals surface area contributed by atoms with Crippen LogP contribution in [0, 0.1) is 6.92 Å². The molecule has 6 heteroatoms. The summed E-state index contributed by atoms with van der Waals surface area (Å²) in [5, 5.41) is 1.02. The summed E-state index contributed by atoms with van der Waals surface area (Å²) in [5.74, 6) is 2.53. The van der Waals surface area contributed by atoms with Gasteiger partial charge in [0.25, 0.3) is 0 Å². The lowest BCUT2D eigenvalue weighted by Crippen LogP contribution is -2.50. The zero-order valence-corrected chi connectivity index (χ0v) is 17.5. The lowest BCUT2D eigenvalue weighted by molar-refractivity contribution is 0.0587. The van der Waals surface area contributed by atoms with Crippen molar-refractivity contribution < 1.29 is 14.2 Å². The Bertz CT molecular complexity index is 1030. The van der Waals surface area contributed by atoms with E-state index in [1.807, 2.05) is 37.3 Å². The quantitative estimate of drug-likeness (QED) is 0.662. The van der Waals surface area contributed by atoms with Crippen LogP contribution in [0.5, 0.6) is 17.2 Å². The van der Waals surface area contributed by atoms with Crippen LogP contribution < -0.4 is 19.1 Å². The lowest BCUT2D eigenvalue weighted by Gasteiger charge is -2.38. The molecule has 1 atom stereocenters. The minimum absolute atomic E-state index is 0.0249. The lowest BCUT2D eigenvalue weighted by atomic mass is 10.1. The number of hydrogen-bond donors (Lipinski definition) is 0. The zero-order chi connectivity index (χ0) is 20.5. The second-order valence-electron chi connectivity index (χ2n) is 7.95. The average Bonchev–Trinajstić information content (AvgIpc) is 2.79. The Morgan fingerprint density at radius 2 is 1.80 bits per heavy atom. The molecule has 2 aliphatic heterocycles. The number of methoxy groups -OCH3 is 1. The van der Waals surface area contributed by atoms with E-state index in [1.54, 1.807) is 7.11 Å². The van der Waals surface area contributed by atoms with Crippen molar-refractivity contribution in [1.82, 2.24) is 9.88 Å². The van der Waals surface area contributed by atoms with Gasteiger partial charge in [0.2, 0.25) is 0 Å². The van der Waals surface area contributed by atoms with E-state index in [9.17, 15) is 0 Å². The van der Waals surface area contributed by atoms with Crippen LogP contribution in [0.3, 0.4) is 0 Å². The summed E-state index contributed by atoms with van der Waals surface area (Å²) < 4.78 is 17.7. The molecular formula is C24H27N3O3. The fraction of sp³-hybridized carbons (Fsp3) is 0.375. The van der Waals surface area contributed by atoms with Crippen LogP contribution in [0.4, 0.5) is 5.69 Å². The standard InChI is InChI=1S/C24H27N3O3/c1-17-3-8-21-22(25-17)9-10-23-24(21)30-20(16-29-23)15-26-11-13-27(14-12-26)18-4-6-19(28-2)7-5-18/h3-10,20H,11-16H2,1-2H3. The van der Waals surface area contributed by atoms with Crippen LogP contribution in [-0.4, -0.2) is 62.4 Å². The zero-order valence-electron chi connectivity index (χ0n) is 17.5. The molecule has 3 aromatic rings. The van der Waals surface area contributed by atoms with E-state index in [0.29, 0.717) is 6.61 Å². The molecule has 0 bridgehead atoms. The van der Waals surface area contributed by atoms with Crippen molar-refractivity contribution in [3.8, 4) is 17.2 Å². The second kappa shape index (κ2) is 8.03. The van der Waals surface area contributed by atoms with Crippen LogP contribution in [0.2, 0.25) is 0 Å². The van der Waals surface area contributed by atoms with Crippen molar-refractivity contribution in [3.63, 3.8) is 0 Å². The van der Waals surface area contributed by atoms with Crippen LogP contribution in [0.1, 0.15) is 5.69 Å². The number of hydrogen-bond acceptors (Lipinski definition) is 6. The highest BCUT2D eigenvalue weighted by molar-refractivity contribution is 5.88. The highest BCUT2D eigenvalue weighted by atomic mass is 16.6. The molecule has 30 heavy (non-hydrogen) atoms. The fourth-order valence-corrected chi connectivity index (χ4v) is 4.24. The summed E-state index contributed by atoms with van der Waals surface area (Å²) in [7, 11) is 1.70. The van der Waals surface area contributed by atoms with Crippen molar-refractivity contribution in [3.05, 3.63) is 54.2 Å². The van der Waals surface area contributed by atoms with E-state index < -0.39 is 0 Å². The smallest absolute Gasteiger partial charge is 0.171 e. The van der Waals surface area contributed by atoms with Crippen LogP contribution in [0.25, 0.3) is 10.9 Å². The third-order valence-electron chi connectivity index (χ3n) is 5.91. The van der Waals surface area contributed by atoms with Crippen LogP contribution >= 0.6 is 0 Å². The Morgan fingerprint density at radius 1 is 1.00 bits per heavy atom. The third kappa shape index (κ3) is 3.75. The first-order valence-corrected chi connectivity index (χ1v) is 10.5. The van der Waals surface area contributed by atoms with E-state index in [4.69, 9.17) is 14.2 Å². The minimum Gasteiger partial charge on any atom is -0.497 e. The number of piperazine rings is 1. The van der Waals surface area contributed by atoms with Gasteiger partial charge in [-0.3, -0.25) is 9.88 Å². The van der Waals surface area contributed by atoms with Gasteiger partial charge in [-0.2, -0.15) is 0 Å². The van der Waals surface area contributed by atoms with Gasteiger partial charge in [-0.15, -0.1) is 0 Å². The number of aryl methyl sites for hydroxylation is 1. The SMILES string of the molecule is COc1ccc(N2CCN(CC3COc4ccc5nc(C)ccc5c4O3)CC2)cc1. The minimum atomic E-state index is 0.0249. The number of nitrogens with zero attached hydrogens (tertiary/aromatic N) is 3. The van der Waals surface area contributed by atoms with Crippen LogP contribution in [-0.2, 0) is 0 Å². The second-order valence-corrected chi connectivity index (χ2v) is 7.95. The molecule has 0 amide bonds. The number of anilines is 1. The Labute approximate surface area is 177 Å². The maximum absolute atomic E-state index is 6.39. The summed E-state index contributed by atoms with van der Waals surface area (Å²) in [6.45, 7) is 7.47. The normalized spacial score (nSPS) is 19.1. The molecule has 0 aliphatic carbocycles. The van der Waals surface area contributed by atoms with Crippen molar-refractivity contribution >= 4 is 16.6 Å². The molecule has 0 radical (unpaired) electrons. The molecule has 0 N–H and O–H groups in total. The van der Waals surface area contributed by atoms with Crippen molar-refractivity contribution in [1.29, 1.82) is 0 Å². The summed E-state index contributed by atoms with van der Waals surface area (Å²) in [5.41, 5.74) is 3.20. The molecule has 1 saturated heterocycles. The van der Waals surface area contributed by atoms with Gasteiger partial charge in [-0.1, -0.05) is 0 Å². The highest BCUT2D eigenvalue weighted by Crippen LogP contribution is 2.38. The number of fused-ring (bicyclic) bond motifs is 3. The van der Waals surface area contributed by atoms with Crippen molar-refractivity contribution in [2.75, 3.05) is 51.3 Å². The van der Waals surface area contributed by atoms with Gasteiger partial charge in [0.1, 0.15) is 18.5 Å². The molecule has 3 heterocycles. The largest absolute Gasteiger partial charge is 0.497 e. The number of pyridine rings is 1. The van der Waals surface area contributed by atoms with Gasteiger partial charge in [0, 0.05) is 49.5 Å². The van der Waals surface area contributed by atoms with E-state index in [2.05, 4.69) is 33.0 Å². The van der Waals surface area contributed by atoms with E-state index in [1.165, 1.54) is 5.69 Å². The Balaban J connectivity index is 1.22. The third-order valence-corrected chi connectivity index (χ3v) is 5.91. The molecule has 1 aromatic heterocycles. The summed E-state index contributed by atoms with van der Waals surface area (Å²) in [6.07, 6.45) is 0.0249. The molecule has 0 spiro atoms. The molecule has 1 fully saturated rings. The molecule has 5 rings (SSSR count). The molecule has 2 aromatic carbocycles. The summed E-state index contributed by atoms with van der Waals surface area (Å²) >= 11 is 0. The Hall–Kier alpha value is -2.99. The first kappa shape index (κ1) is 19.0. The maximum atomic E-state index is 6.39. The van der Waals surface area contributed by atoms with Gasteiger partial charge < -0.3 is 19.1 Å². The summed E-state index contributed by atoms with van der Waals surface area (Å²) in [6, 6.07) is 16.4. The number of rotatable bonds is 4. The van der Waals surface area contributed by atoms with E-state index in [0.717, 1.165) is 66.6 Å². The van der Waals surface area contributed by atoms with E-state index in [-0.39, 0.29) is 6.10 Å². The van der Waals surface area contributed by atoms with Gasteiger partial charge >= 0.3 is 0 Å². The predicted molar refractivity (Wildman–Crippen MR) is 118 cm³/mol. The molecular weight excluding hydrogens is 378 g/mol. The van der Waals surface area contributed by atoms with Gasteiger partial charge in [0.15, 0.2) is 11.5 Å². The van der Waals surface area contributed by atoms with Crippen LogP contribution in [0.15, 0.2) is 48.5 Å². The highest BCUT2D eigenvalue weighted by Gasteiger charge is 2.27. The first-order chi connectivity index (χ1) is 14.7. The summed E-state index contributed by atoms with van der Waals surface area (Å²) in [4.78, 5) is 9.50. The average molecular weight is 405 g/mol. The Kier molecular flexibility index (Phi) is 5.09. The number of benzene rings is 2. The molecule has 6 nitrogen and oxygen atoms in total. The first-order valence-electron chi connectivity index (χ1n) is 10.5. The number of aromatic nitrogens is 1. The predicted octanol–water partition coefficient (Wildman–Crippen LogP) is 3.51. The van der Waals surface area contributed by atoms with Crippen molar-refractivity contribution in [2.24, 2.45) is 0 Å². The monoisotopic (exact) mass is 405 g/mol. The molecule has 1 unspecified atom stereocenters. The maximum Gasteiger partial charge on any atom is 0.171 e. The van der Waals surface area contributed by atoms with Gasteiger partial charge in [0.05, 0.1) is 12.6 Å².